The van der Waals surface area contributed by atoms with Crippen LogP contribution in [0, 0.1) is 17.0 Å². The van der Waals surface area contributed by atoms with Crippen LogP contribution in [0.2, 0.25) is 0 Å². The summed E-state index contributed by atoms with van der Waals surface area (Å²) in [6.07, 6.45) is 1.07. The minimum Gasteiger partial charge on any atom is -0.871 e. The number of hydrogen-bond donors (Lipinski definition) is 2. The number of carbonyl (C=O) groups excluding carboxylic acids is 1. The Hall–Kier alpha value is -2.94. The molecule has 0 saturated carbocycles. The monoisotopic (exact) mass is 405 g/mol. The molecule has 0 heterocycles. The molecule has 2 N–H and O–H groups in total. The smallest absolute Gasteiger partial charge is 0.271 e. The molecule has 130 valence electrons. The van der Waals surface area contributed by atoms with Crippen LogP contribution in [0.4, 0.5) is 11.4 Å². The molecule has 2 aromatic rings. The van der Waals surface area contributed by atoms with E-state index in [1.807, 2.05) is 31.2 Å². The molecule has 25 heavy (non-hydrogen) atoms. The van der Waals surface area contributed by atoms with Crippen molar-refractivity contribution in [2.24, 2.45) is 5.10 Å². The highest BCUT2D eigenvalue weighted by molar-refractivity contribution is 9.10. The lowest BCUT2D eigenvalue weighted by atomic mass is 10.2. The molecule has 0 aromatic heterocycles. The lowest BCUT2D eigenvalue weighted by molar-refractivity contribution is -0.385. The minimum atomic E-state index is -0.619. The number of hydrogen-bond acceptors (Lipinski definition) is 6. The largest absolute Gasteiger partial charge is 0.871 e. The Labute approximate surface area is 151 Å². The van der Waals surface area contributed by atoms with E-state index in [-0.39, 0.29) is 22.3 Å². The molecule has 2 aromatic carbocycles. The van der Waals surface area contributed by atoms with Crippen LogP contribution in [0.1, 0.15) is 11.1 Å². The summed E-state index contributed by atoms with van der Waals surface area (Å²) in [5, 5.41) is 29.3. The van der Waals surface area contributed by atoms with Crippen LogP contribution in [0.3, 0.4) is 0 Å². The Morgan fingerprint density at radius 1 is 1.36 bits per heavy atom. The van der Waals surface area contributed by atoms with Gasteiger partial charge in [-0.05, 0) is 30.2 Å². The fraction of sp³-hybridized carbons (Fsp3) is 0.125. The average molecular weight is 406 g/mol. The number of nitro benzene ring substituents is 1. The number of non-ortho nitro benzene ring substituents is 1. The second kappa shape index (κ2) is 8.25. The maximum Gasteiger partial charge on any atom is 0.271 e. The highest BCUT2D eigenvalue weighted by Gasteiger charge is 2.09. The molecule has 0 fully saturated rings. The summed E-state index contributed by atoms with van der Waals surface area (Å²) in [6.45, 7) is 1.93. The zero-order valence-corrected chi connectivity index (χ0v) is 14.7. The molecule has 0 spiro atoms. The number of hydrazone groups is 1. The van der Waals surface area contributed by atoms with Crippen molar-refractivity contribution in [2.75, 3.05) is 11.9 Å². The number of anilines is 1. The Morgan fingerprint density at radius 3 is 2.80 bits per heavy atom. The van der Waals surface area contributed by atoms with Crippen molar-refractivity contribution < 1.29 is 14.8 Å². The van der Waals surface area contributed by atoms with E-state index < -0.39 is 16.6 Å². The van der Waals surface area contributed by atoms with Gasteiger partial charge in [-0.2, -0.15) is 5.10 Å². The highest BCUT2D eigenvalue weighted by Crippen LogP contribution is 2.29. The minimum absolute atomic E-state index is 0.00646. The maximum absolute atomic E-state index is 11.9. The van der Waals surface area contributed by atoms with Gasteiger partial charge in [0.1, 0.15) is 0 Å². The number of nitro groups is 1. The van der Waals surface area contributed by atoms with Crippen molar-refractivity contribution in [2.45, 2.75) is 6.92 Å². The quantitative estimate of drug-likeness (QED) is 0.433. The summed E-state index contributed by atoms with van der Waals surface area (Å²) in [5.41, 5.74) is 3.85. The number of nitrogens with zero attached hydrogens (tertiary/aromatic N) is 2. The van der Waals surface area contributed by atoms with Gasteiger partial charge in [0.25, 0.3) is 11.6 Å². The first-order valence-corrected chi connectivity index (χ1v) is 7.93. The van der Waals surface area contributed by atoms with E-state index in [4.69, 9.17) is 0 Å². The number of carbonyl (C=O) groups is 1. The third-order valence-corrected chi connectivity index (χ3v) is 3.72. The van der Waals surface area contributed by atoms with E-state index in [1.54, 1.807) is 0 Å². The van der Waals surface area contributed by atoms with Gasteiger partial charge in [0.05, 0.1) is 17.7 Å². The molecule has 9 heteroatoms. The number of aryl methyl sites for hydroxylation is 1. The first kappa shape index (κ1) is 18.4. The molecular formula is C16H14BrN4O4-. The molecule has 0 bridgehead atoms. The number of halogens is 1. The van der Waals surface area contributed by atoms with Crippen LogP contribution >= 0.6 is 15.9 Å². The third kappa shape index (κ3) is 5.28. The van der Waals surface area contributed by atoms with Crippen molar-refractivity contribution >= 4 is 39.4 Å². The second-order valence-corrected chi connectivity index (χ2v) is 5.97. The molecule has 0 saturated heterocycles. The van der Waals surface area contributed by atoms with Gasteiger partial charge < -0.3 is 10.4 Å². The lowest BCUT2D eigenvalue weighted by Gasteiger charge is -2.12. The molecule has 0 aliphatic heterocycles. The third-order valence-electron chi connectivity index (χ3n) is 3.13. The van der Waals surface area contributed by atoms with Gasteiger partial charge in [-0.3, -0.25) is 14.9 Å². The SMILES string of the molecule is Cc1cccc(NCC(=O)N/N=C\c2cc([N+](=O)[O-])cc(Br)c2[O-])c1. The summed E-state index contributed by atoms with van der Waals surface area (Å²) >= 11 is 2.97. The Balaban J connectivity index is 1.96. The fourth-order valence-electron chi connectivity index (χ4n) is 1.95. The molecular weight excluding hydrogens is 392 g/mol. The van der Waals surface area contributed by atoms with Crippen molar-refractivity contribution in [3.8, 4) is 5.75 Å². The number of nitrogens with one attached hydrogen (secondary N) is 2. The molecule has 2 rings (SSSR count). The number of amides is 1. The first-order valence-electron chi connectivity index (χ1n) is 7.14. The Kier molecular flexibility index (Phi) is 6.07. The first-order chi connectivity index (χ1) is 11.9. The van der Waals surface area contributed by atoms with Crippen molar-refractivity contribution in [3.05, 3.63) is 62.1 Å². The maximum atomic E-state index is 11.9. The average Bonchev–Trinajstić information content (AvgIpc) is 2.56. The van der Waals surface area contributed by atoms with Crippen LogP contribution in [0.15, 0.2) is 46.0 Å². The van der Waals surface area contributed by atoms with Crippen molar-refractivity contribution in [1.82, 2.24) is 5.43 Å². The lowest BCUT2D eigenvalue weighted by Crippen LogP contribution is -2.25. The van der Waals surface area contributed by atoms with Gasteiger partial charge >= 0.3 is 0 Å². The summed E-state index contributed by atoms with van der Waals surface area (Å²) in [4.78, 5) is 21.9. The molecule has 0 aliphatic carbocycles. The predicted molar refractivity (Wildman–Crippen MR) is 95.6 cm³/mol. The van der Waals surface area contributed by atoms with Crippen LogP contribution in [0.25, 0.3) is 0 Å². The normalized spacial score (nSPS) is 10.6. The second-order valence-electron chi connectivity index (χ2n) is 5.12. The summed E-state index contributed by atoms with van der Waals surface area (Å²) in [5.74, 6) is -0.879. The molecule has 1 amide bonds. The van der Waals surface area contributed by atoms with Crippen LogP contribution in [0.5, 0.6) is 5.75 Å². The zero-order valence-electron chi connectivity index (χ0n) is 13.2. The van der Waals surface area contributed by atoms with E-state index in [2.05, 4.69) is 31.8 Å². The standard InChI is InChI=1S/C16H15BrN4O4/c1-10-3-2-4-12(5-10)18-9-15(22)20-19-8-11-6-13(21(24)25)7-14(17)16(11)23/h2-8,18,23H,9H2,1H3,(H,20,22)/p-1/b19-8-. The van der Waals surface area contributed by atoms with Gasteiger partial charge in [-0.25, -0.2) is 5.43 Å². The molecule has 0 aliphatic rings. The summed E-state index contributed by atoms with van der Waals surface area (Å²) < 4.78 is 0.0515. The van der Waals surface area contributed by atoms with E-state index in [1.165, 1.54) is 0 Å². The van der Waals surface area contributed by atoms with E-state index in [0.29, 0.717) is 0 Å². The van der Waals surface area contributed by atoms with Crippen LogP contribution < -0.4 is 15.8 Å². The molecule has 0 atom stereocenters. The van der Waals surface area contributed by atoms with Gasteiger partial charge in [0.2, 0.25) is 0 Å². The van der Waals surface area contributed by atoms with Crippen molar-refractivity contribution in [3.63, 3.8) is 0 Å². The molecule has 8 nitrogen and oxygen atoms in total. The fourth-order valence-corrected chi connectivity index (χ4v) is 2.42. The van der Waals surface area contributed by atoms with Crippen LogP contribution in [-0.2, 0) is 4.79 Å². The zero-order chi connectivity index (χ0) is 18.4. The van der Waals surface area contributed by atoms with Gasteiger partial charge in [-0.1, -0.05) is 33.8 Å². The summed E-state index contributed by atoms with van der Waals surface area (Å²) in [6, 6.07) is 9.73. The number of benzene rings is 2. The number of rotatable bonds is 6. The highest BCUT2D eigenvalue weighted by atomic mass is 79.9. The molecule has 0 unspecified atom stereocenters. The van der Waals surface area contributed by atoms with Crippen LogP contribution in [-0.4, -0.2) is 23.6 Å². The van der Waals surface area contributed by atoms with E-state index >= 15 is 0 Å². The Bertz CT molecular complexity index is 839. The van der Waals surface area contributed by atoms with Gasteiger partial charge in [-0.15, -0.1) is 0 Å². The predicted octanol–water partition coefficient (Wildman–Crippen LogP) is 2.30. The van der Waals surface area contributed by atoms with Gasteiger partial charge in [0, 0.05) is 22.3 Å². The van der Waals surface area contributed by atoms with Gasteiger partial charge in [0.15, 0.2) is 0 Å². The van der Waals surface area contributed by atoms with Crippen molar-refractivity contribution in [1.29, 1.82) is 0 Å². The Morgan fingerprint density at radius 2 is 2.12 bits per heavy atom. The van der Waals surface area contributed by atoms with E-state index in [0.717, 1.165) is 29.6 Å². The topological polar surface area (TPSA) is 120 Å². The van der Waals surface area contributed by atoms with E-state index in [9.17, 15) is 20.0 Å². The molecule has 0 radical (unpaired) electrons. The summed E-state index contributed by atoms with van der Waals surface area (Å²) in [7, 11) is 0.